The smallest absolute Gasteiger partial charge is 0.0559 e. The van der Waals surface area contributed by atoms with Gasteiger partial charge in [0.15, 0.2) is 0 Å². The van der Waals surface area contributed by atoms with Crippen molar-refractivity contribution in [2.24, 2.45) is 0 Å². The van der Waals surface area contributed by atoms with Gasteiger partial charge >= 0.3 is 0 Å². The van der Waals surface area contributed by atoms with Gasteiger partial charge in [-0.2, -0.15) is 0 Å². The summed E-state index contributed by atoms with van der Waals surface area (Å²) >= 11 is 0. The molecule has 0 spiro atoms. The number of para-hydroxylation sites is 1. The molecule has 1 nitrogen and oxygen atoms in total. The molecule has 0 saturated carbocycles. The molecule has 8 aromatic carbocycles. The fourth-order valence-corrected chi connectivity index (χ4v) is 9.90. The molecule has 10 rings (SSSR count). The van der Waals surface area contributed by atoms with E-state index in [1.807, 2.05) is 0 Å². The van der Waals surface area contributed by atoms with Crippen LogP contribution in [-0.2, 0) is 5.41 Å². The highest BCUT2D eigenvalue weighted by molar-refractivity contribution is 6.01. The first-order valence-corrected chi connectivity index (χ1v) is 21.6. The van der Waals surface area contributed by atoms with E-state index in [0.717, 1.165) is 19.3 Å². The van der Waals surface area contributed by atoms with E-state index in [-0.39, 0.29) is 11.5 Å². The van der Waals surface area contributed by atoms with Crippen LogP contribution in [0.5, 0.6) is 0 Å². The second-order valence-corrected chi connectivity index (χ2v) is 16.3. The maximum absolute atomic E-state index is 2.52. The summed E-state index contributed by atoms with van der Waals surface area (Å²) in [5, 5.41) is 2.52. The van der Waals surface area contributed by atoms with Crippen molar-refractivity contribution in [1.82, 2.24) is 0 Å². The fourth-order valence-electron chi connectivity index (χ4n) is 9.90. The molecular weight excluding hydrogens is 723 g/mol. The van der Waals surface area contributed by atoms with Crippen LogP contribution in [-0.4, -0.2) is 6.04 Å². The number of allylic oxidation sites excluding steroid dienone is 2. The molecular formula is C59H49N. The van der Waals surface area contributed by atoms with Gasteiger partial charge in [-0.15, -0.1) is 0 Å². The number of anilines is 2. The zero-order valence-electron chi connectivity index (χ0n) is 34.4. The molecule has 1 heteroatoms. The summed E-state index contributed by atoms with van der Waals surface area (Å²) in [5.74, 6) is 0. The summed E-state index contributed by atoms with van der Waals surface area (Å²) in [6, 6.07) is 67.5. The predicted octanol–water partition coefficient (Wildman–Crippen LogP) is 16.1. The Labute approximate surface area is 355 Å². The highest BCUT2D eigenvalue weighted by Crippen LogP contribution is 2.54. The minimum Gasteiger partial charge on any atom is -0.334 e. The van der Waals surface area contributed by atoms with E-state index in [2.05, 4.69) is 237 Å². The van der Waals surface area contributed by atoms with Gasteiger partial charge in [-0.05, 0) is 127 Å². The van der Waals surface area contributed by atoms with Crippen LogP contribution < -0.4 is 4.90 Å². The SMILES string of the molecule is CCC1(CC)c2cc(/C=C/c3ccc(-c4ccc(-c5ccccc5)cc4-c4cccc5ccccc45)cc3)ccc2-c2ccc(N(c3ccccc3)C3C=CC=CC3)cc21. The molecule has 0 N–H and O–H groups in total. The van der Waals surface area contributed by atoms with Crippen molar-refractivity contribution in [3.05, 3.63) is 229 Å². The minimum atomic E-state index is -0.0469. The van der Waals surface area contributed by atoms with Gasteiger partial charge < -0.3 is 4.90 Å². The third-order valence-corrected chi connectivity index (χ3v) is 13.1. The summed E-state index contributed by atoms with van der Waals surface area (Å²) in [6.45, 7) is 4.73. The lowest BCUT2D eigenvalue weighted by Crippen LogP contribution is -2.30. The van der Waals surface area contributed by atoms with Gasteiger partial charge in [-0.3, -0.25) is 0 Å². The molecule has 0 fully saturated rings. The maximum atomic E-state index is 2.52. The van der Waals surface area contributed by atoms with E-state index >= 15 is 0 Å². The Morgan fingerprint density at radius 2 is 1.13 bits per heavy atom. The quantitative estimate of drug-likeness (QED) is 0.125. The third-order valence-electron chi connectivity index (χ3n) is 13.1. The number of hydrogen-bond acceptors (Lipinski definition) is 1. The summed E-state index contributed by atoms with van der Waals surface area (Å²) < 4.78 is 0. The largest absolute Gasteiger partial charge is 0.334 e. The van der Waals surface area contributed by atoms with Crippen molar-refractivity contribution in [2.75, 3.05) is 4.90 Å². The molecule has 0 saturated heterocycles. The van der Waals surface area contributed by atoms with Gasteiger partial charge in [0.05, 0.1) is 6.04 Å². The highest BCUT2D eigenvalue weighted by Gasteiger charge is 2.41. The Hall–Kier alpha value is -6.96. The summed E-state index contributed by atoms with van der Waals surface area (Å²) in [5.41, 5.74) is 17.9. The summed E-state index contributed by atoms with van der Waals surface area (Å²) in [4.78, 5) is 2.52. The maximum Gasteiger partial charge on any atom is 0.0559 e. The van der Waals surface area contributed by atoms with E-state index < -0.39 is 0 Å². The molecule has 60 heavy (non-hydrogen) atoms. The van der Waals surface area contributed by atoms with Crippen LogP contribution in [0, 0.1) is 0 Å². The first kappa shape index (κ1) is 37.3. The molecule has 0 aromatic heterocycles. The number of nitrogens with zero attached hydrogens (tertiary/aromatic N) is 1. The Bertz CT molecular complexity index is 2900. The number of benzene rings is 8. The van der Waals surface area contributed by atoms with Crippen molar-refractivity contribution in [1.29, 1.82) is 0 Å². The molecule has 2 aliphatic carbocycles. The molecule has 1 unspecified atom stereocenters. The average Bonchev–Trinajstić information content (AvgIpc) is 3.60. The Balaban J connectivity index is 0.964. The minimum absolute atomic E-state index is 0.0469. The molecule has 8 aromatic rings. The number of hydrogen-bond donors (Lipinski definition) is 0. The second-order valence-electron chi connectivity index (χ2n) is 16.3. The van der Waals surface area contributed by atoms with Crippen molar-refractivity contribution in [2.45, 2.75) is 44.6 Å². The lowest BCUT2D eigenvalue weighted by molar-refractivity contribution is 0.490. The second kappa shape index (κ2) is 16.0. The monoisotopic (exact) mass is 771 g/mol. The Kier molecular flexibility index (Phi) is 9.95. The van der Waals surface area contributed by atoms with Crippen LogP contribution >= 0.6 is 0 Å². The van der Waals surface area contributed by atoms with E-state index in [1.165, 1.54) is 88.9 Å². The van der Waals surface area contributed by atoms with Crippen LogP contribution in [0.2, 0.25) is 0 Å². The van der Waals surface area contributed by atoms with Crippen molar-refractivity contribution >= 4 is 34.3 Å². The van der Waals surface area contributed by atoms with Crippen LogP contribution in [0.4, 0.5) is 11.4 Å². The molecule has 0 amide bonds. The van der Waals surface area contributed by atoms with Crippen LogP contribution in [0.25, 0.3) is 67.4 Å². The summed E-state index contributed by atoms with van der Waals surface area (Å²) in [7, 11) is 0. The lowest BCUT2D eigenvalue weighted by Gasteiger charge is -2.35. The third kappa shape index (κ3) is 6.71. The molecule has 0 aliphatic heterocycles. The van der Waals surface area contributed by atoms with E-state index in [1.54, 1.807) is 0 Å². The van der Waals surface area contributed by atoms with Gasteiger partial charge in [0.1, 0.15) is 0 Å². The van der Waals surface area contributed by atoms with Gasteiger partial charge in [-0.1, -0.05) is 202 Å². The van der Waals surface area contributed by atoms with Crippen molar-refractivity contribution in [3.63, 3.8) is 0 Å². The van der Waals surface area contributed by atoms with Crippen LogP contribution in [0.3, 0.4) is 0 Å². The van der Waals surface area contributed by atoms with E-state index in [9.17, 15) is 0 Å². The fraction of sp³-hybridized carbons (Fsp3) is 0.119. The first-order chi connectivity index (χ1) is 29.6. The molecule has 0 radical (unpaired) electrons. The zero-order chi connectivity index (χ0) is 40.5. The first-order valence-electron chi connectivity index (χ1n) is 21.6. The lowest BCUT2D eigenvalue weighted by atomic mass is 9.73. The van der Waals surface area contributed by atoms with Crippen LogP contribution in [0.15, 0.2) is 206 Å². The summed E-state index contributed by atoms with van der Waals surface area (Å²) in [6.07, 6.45) is 16.6. The van der Waals surface area contributed by atoms with Crippen LogP contribution in [0.1, 0.15) is 55.4 Å². The van der Waals surface area contributed by atoms with Gasteiger partial charge in [-0.25, -0.2) is 0 Å². The van der Waals surface area contributed by atoms with Crippen molar-refractivity contribution in [3.8, 4) is 44.5 Å². The molecule has 2 aliphatic rings. The molecule has 1 atom stereocenters. The predicted molar refractivity (Wildman–Crippen MR) is 258 cm³/mol. The number of fused-ring (bicyclic) bond motifs is 4. The standard InChI is InChI=1S/C59H49N/c1-3-59(4-2)57-39-43(31-36-54(57)55-38-35-50(41-58(55)59)60(48-21-10-6-11-22-48)49-23-12-7-13-24-49)28-27-42-29-32-46(33-30-42)52-37-34-47(44-17-8-5-9-18-44)40-56(52)53-26-16-20-45-19-14-15-25-51(45)53/h5-23,25-41,49H,3-4,24H2,1-2H3/b28-27+. The van der Waals surface area contributed by atoms with E-state index in [4.69, 9.17) is 0 Å². The van der Waals surface area contributed by atoms with Gasteiger partial charge in [0, 0.05) is 16.8 Å². The normalized spacial score (nSPS) is 15.0. The molecule has 290 valence electrons. The number of rotatable bonds is 10. The molecule has 0 heterocycles. The average molecular weight is 772 g/mol. The van der Waals surface area contributed by atoms with E-state index in [0.29, 0.717) is 0 Å². The molecule has 0 bridgehead atoms. The Morgan fingerprint density at radius 1 is 0.483 bits per heavy atom. The topological polar surface area (TPSA) is 3.24 Å². The zero-order valence-corrected chi connectivity index (χ0v) is 34.4. The van der Waals surface area contributed by atoms with Gasteiger partial charge in [0.25, 0.3) is 0 Å². The van der Waals surface area contributed by atoms with Gasteiger partial charge in [0.2, 0.25) is 0 Å². The Morgan fingerprint density at radius 3 is 1.90 bits per heavy atom. The van der Waals surface area contributed by atoms with Crippen molar-refractivity contribution < 1.29 is 0 Å². The highest BCUT2D eigenvalue weighted by atomic mass is 15.2.